The SMILES string of the molecule is CC/C=C/CCOCOC. The summed E-state index contributed by atoms with van der Waals surface area (Å²) in [6.45, 7) is 3.27. The highest BCUT2D eigenvalue weighted by Gasteiger charge is 1.80. The average Bonchev–Trinajstić information content (AvgIpc) is 1.97. The highest BCUT2D eigenvalue weighted by molar-refractivity contribution is 4.79. The van der Waals surface area contributed by atoms with Gasteiger partial charge in [0.1, 0.15) is 6.79 Å². The molecule has 10 heavy (non-hydrogen) atoms. The second-order valence-electron chi connectivity index (χ2n) is 1.98. The fourth-order valence-electron chi connectivity index (χ4n) is 0.578. The van der Waals surface area contributed by atoms with E-state index in [4.69, 9.17) is 9.47 Å². The zero-order chi connectivity index (χ0) is 7.66. The third kappa shape index (κ3) is 7.66. The van der Waals surface area contributed by atoms with Gasteiger partial charge in [-0.3, -0.25) is 0 Å². The van der Waals surface area contributed by atoms with E-state index in [0.717, 1.165) is 19.4 Å². The minimum absolute atomic E-state index is 0.403. The number of hydrogen-bond donors (Lipinski definition) is 0. The molecule has 0 radical (unpaired) electrons. The van der Waals surface area contributed by atoms with E-state index in [-0.39, 0.29) is 0 Å². The lowest BCUT2D eigenvalue weighted by Gasteiger charge is -1.97. The van der Waals surface area contributed by atoms with E-state index in [1.165, 1.54) is 0 Å². The highest BCUT2D eigenvalue weighted by atomic mass is 16.7. The van der Waals surface area contributed by atoms with E-state index < -0.39 is 0 Å². The van der Waals surface area contributed by atoms with Crippen LogP contribution in [0.4, 0.5) is 0 Å². The molecule has 0 aromatic heterocycles. The lowest BCUT2D eigenvalue weighted by molar-refractivity contribution is -0.0285. The third-order valence-corrected chi connectivity index (χ3v) is 1.03. The van der Waals surface area contributed by atoms with Crippen molar-refractivity contribution in [1.29, 1.82) is 0 Å². The molecule has 0 rings (SSSR count). The van der Waals surface area contributed by atoms with Gasteiger partial charge in [-0.05, 0) is 12.8 Å². The molecule has 0 aliphatic carbocycles. The Morgan fingerprint density at radius 2 is 2.10 bits per heavy atom. The van der Waals surface area contributed by atoms with Gasteiger partial charge in [0.2, 0.25) is 0 Å². The van der Waals surface area contributed by atoms with Crippen LogP contribution in [0.15, 0.2) is 12.2 Å². The van der Waals surface area contributed by atoms with Crippen LogP contribution >= 0.6 is 0 Å². The van der Waals surface area contributed by atoms with E-state index >= 15 is 0 Å². The second kappa shape index (κ2) is 8.66. The van der Waals surface area contributed by atoms with Crippen LogP contribution in [0.2, 0.25) is 0 Å². The van der Waals surface area contributed by atoms with Gasteiger partial charge in [0, 0.05) is 7.11 Å². The van der Waals surface area contributed by atoms with Crippen molar-refractivity contribution in [1.82, 2.24) is 0 Å². The summed E-state index contributed by atoms with van der Waals surface area (Å²) in [4.78, 5) is 0. The molecular formula is C8H16O2. The van der Waals surface area contributed by atoms with Crippen molar-refractivity contribution in [2.24, 2.45) is 0 Å². The molecule has 0 saturated carbocycles. The van der Waals surface area contributed by atoms with Crippen LogP contribution in [-0.4, -0.2) is 20.5 Å². The Morgan fingerprint density at radius 1 is 1.30 bits per heavy atom. The molecule has 0 aromatic rings. The maximum Gasteiger partial charge on any atom is 0.146 e. The zero-order valence-electron chi connectivity index (χ0n) is 6.80. The van der Waals surface area contributed by atoms with Gasteiger partial charge in [0.05, 0.1) is 6.61 Å². The Bertz CT molecular complexity index is 79.3. The summed E-state index contributed by atoms with van der Waals surface area (Å²) >= 11 is 0. The Labute approximate surface area is 62.8 Å². The molecule has 2 heteroatoms. The Kier molecular flexibility index (Phi) is 8.37. The molecule has 0 N–H and O–H groups in total. The van der Waals surface area contributed by atoms with Crippen LogP contribution in [0.1, 0.15) is 19.8 Å². The van der Waals surface area contributed by atoms with Gasteiger partial charge >= 0.3 is 0 Å². The van der Waals surface area contributed by atoms with Gasteiger partial charge in [-0.1, -0.05) is 19.1 Å². The van der Waals surface area contributed by atoms with Gasteiger partial charge in [0.25, 0.3) is 0 Å². The lowest BCUT2D eigenvalue weighted by atomic mass is 10.3. The third-order valence-electron chi connectivity index (χ3n) is 1.03. The number of allylic oxidation sites excluding steroid dienone is 1. The van der Waals surface area contributed by atoms with Crippen molar-refractivity contribution in [3.8, 4) is 0 Å². The van der Waals surface area contributed by atoms with E-state index in [1.807, 2.05) is 0 Å². The van der Waals surface area contributed by atoms with Crippen LogP contribution < -0.4 is 0 Å². The summed E-state index contributed by atoms with van der Waals surface area (Å²) in [7, 11) is 1.63. The predicted molar refractivity (Wildman–Crippen MR) is 41.9 cm³/mol. The topological polar surface area (TPSA) is 18.5 Å². The highest BCUT2D eigenvalue weighted by Crippen LogP contribution is 1.87. The summed E-state index contributed by atoms with van der Waals surface area (Å²) in [6.07, 6.45) is 6.34. The van der Waals surface area contributed by atoms with Crippen molar-refractivity contribution in [3.63, 3.8) is 0 Å². The van der Waals surface area contributed by atoms with E-state index in [1.54, 1.807) is 7.11 Å². The Hall–Kier alpha value is -0.340. The minimum atomic E-state index is 0.403. The molecule has 0 aromatic carbocycles. The molecule has 0 fully saturated rings. The molecular weight excluding hydrogens is 128 g/mol. The first kappa shape index (κ1) is 9.66. The van der Waals surface area contributed by atoms with Crippen LogP contribution in [0.5, 0.6) is 0 Å². The minimum Gasteiger partial charge on any atom is -0.359 e. The van der Waals surface area contributed by atoms with E-state index in [0.29, 0.717) is 6.79 Å². The molecule has 0 unspecified atom stereocenters. The van der Waals surface area contributed by atoms with Gasteiger partial charge in [0.15, 0.2) is 0 Å². The molecule has 0 bridgehead atoms. The molecule has 0 heterocycles. The first-order chi connectivity index (χ1) is 4.91. The summed E-state index contributed by atoms with van der Waals surface area (Å²) in [5.74, 6) is 0. The smallest absolute Gasteiger partial charge is 0.146 e. The van der Waals surface area contributed by atoms with Crippen LogP contribution in [-0.2, 0) is 9.47 Å². The molecule has 0 amide bonds. The van der Waals surface area contributed by atoms with Crippen molar-refractivity contribution in [2.75, 3.05) is 20.5 Å². The standard InChI is InChI=1S/C8H16O2/c1-3-4-5-6-7-10-8-9-2/h4-5H,3,6-8H2,1-2H3/b5-4+. The fraction of sp³-hybridized carbons (Fsp3) is 0.750. The summed E-state index contributed by atoms with van der Waals surface area (Å²) < 4.78 is 9.76. The van der Waals surface area contributed by atoms with Gasteiger partial charge in [-0.15, -0.1) is 0 Å². The lowest BCUT2D eigenvalue weighted by Crippen LogP contribution is -1.96. The largest absolute Gasteiger partial charge is 0.359 e. The van der Waals surface area contributed by atoms with Crippen molar-refractivity contribution >= 4 is 0 Å². The van der Waals surface area contributed by atoms with Crippen LogP contribution in [0.3, 0.4) is 0 Å². The number of hydrogen-bond acceptors (Lipinski definition) is 2. The van der Waals surface area contributed by atoms with Crippen molar-refractivity contribution in [2.45, 2.75) is 19.8 Å². The molecule has 0 aliphatic heterocycles. The molecule has 2 nitrogen and oxygen atoms in total. The van der Waals surface area contributed by atoms with Gasteiger partial charge in [-0.2, -0.15) is 0 Å². The molecule has 0 aliphatic rings. The van der Waals surface area contributed by atoms with Crippen LogP contribution in [0.25, 0.3) is 0 Å². The quantitative estimate of drug-likeness (QED) is 0.322. The average molecular weight is 144 g/mol. The fourth-order valence-corrected chi connectivity index (χ4v) is 0.578. The van der Waals surface area contributed by atoms with Gasteiger partial charge < -0.3 is 9.47 Å². The molecule has 60 valence electrons. The van der Waals surface area contributed by atoms with E-state index in [2.05, 4.69) is 19.1 Å². The normalized spacial score (nSPS) is 11.0. The Morgan fingerprint density at radius 3 is 2.70 bits per heavy atom. The second-order valence-corrected chi connectivity index (χ2v) is 1.98. The van der Waals surface area contributed by atoms with Crippen molar-refractivity contribution < 1.29 is 9.47 Å². The van der Waals surface area contributed by atoms with Gasteiger partial charge in [-0.25, -0.2) is 0 Å². The summed E-state index contributed by atoms with van der Waals surface area (Å²) in [5, 5.41) is 0. The van der Waals surface area contributed by atoms with Crippen molar-refractivity contribution in [3.05, 3.63) is 12.2 Å². The zero-order valence-corrected chi connectivity index (χ0v) is 6.80. The Balaban J connectivity index is 2.83. The predicted octanol–water partition coefficient (Wildman–Crippen LogP) is 1.96. The summed E-state index contributed by atoms with van der Waals surface area (Å²) in [5.41, 5.74) is 0. The number of rotatable bonds is 6. The first-order valence-corrected chi connectivity index (χ1v) is 3.63. The monoisotopic (exact) mass is 144 g/mol. The summed E-state index contributed by atoms with van der Waals surface area (Å²) in [6, 6.07) is 0. The number of ether oxygens (including phenoxy) is 2. The maximum absolute atomic E-state index is 5.06. The van der Waals surface area contributed by atoms with Crippen LogP contribution in [0, 0.1) is 0 Å². The molecule has 0 spiro atoms. The first-order valence-electron chi connectivity index (χ1n) is 3.63. The molecule has 0 saturated heterocycles. The number of methoxy groups -OCH3 is 1. The maximum atomic E-state index is 5.06. The molecule has 0 atom stereocenters. The van der Waals surface area contributed by atoms with E-state index in [9.17, 15) is 0 Å².